The number of benzene rings is 1. The molecular weight excluding hydrogens is 534 g/mol. The predicted octanol–water partition coefficient (Wildman–Crippen LogP) is 6.41. The van der Waals surface area contributed by atoms with Crippen molar-refractivity contribution in [1.82, 2.24) is 19.5 Å². The number of hydrogen-bond acceptors (Lipinski definition) is 6. The third kappa shape index (κ3) is 8.98. The quantitative estimate of drug-likeness (QED) is 0.181. The molecule has 8 nitrogen and oxygen atoms in total. The molecule has 0 amide bonds. The van der Waals surface area contributed by atoms with Crippen LogP contribution in [0.2, 0.25) is 0 Å². The zero-order chi connectivity index (χ0) is 26.5. The second-order valence-electron chi connectivity index (χ2n) is 9.55. The van der Waals surface area contributed by atoms with Gasteiger partial charge in [0.25, 0.3) is 5.56 Å². The van der Waals surface area contributed by atoms with Crippen LogP contribution >= 0.6 is 15.9 Å². The largest absolute Gasteiger partial charge is 0.497 e. The Labute approximate surface area is 227 Å². The number of nitrogens with zero attached hydrogens (tertiary/aromatic N) is 3. The van der Waals surface area contributed by atoms with E-state index in [1.807, 2.05) is 24.3 Å². The Morgan fingerprint density at radius 1 is 0.892 bits per heavy atom. The SMILES string of the molecule is CCCCCCCCCCCCCCNc1nc(=O)c2nc(Br)n(Cc3ccc(OC)cc3)c2c(=O)[nH]1. The van der Waals surface area contributed by atoms with E-state index in [2.05, 4.69) is 43.1 Å². The average molecular weight is 575 g/mol. The number of aromatic amines is 1. The van der Waals surface area contributed by atoms with Gasteiger partial charge in [-0.25, -0.2) is 4.98 Å². The molecule has 0 saturated heterocycles. The van der Waals surface area contributed by atoms with Gasteiger partial charge >= 0.3 is 5.56 Å². The normalized spacial score (nSPS) is 11.2. The van der Waals surface area contributed by atoms with Crippen molar-refractivity contribution in [1.29, 1.82) is 0 Å². The van der Waals surface area contributed by atoms with Gasteiger partial charge in [-0.2, -0.15) is 4.98 Å². The van der Waals surface area contributed by atoms with Crippen molar-refractivity contribution in [2.75, 3.05) is 19.0 Å². The van der Waals surface area contributed by atoms with Crippen LogP contribution in [0.3, 0.4) is 0 Å². The molecule has 0 aliphatic carbocycles. The van der Waals surface area contributed by atoms with E-state index >= 15 is 0 Å². The molecule has 0 radical (unpaired) electrons. The molecule has 3 aromatic rings. The summed E-state index contributed by atoms with van der Waals surface area (Å²) in [5.74, 6) is 0.931. The summed E-state index contributed by atoms with van der Waals surface area (Å²) in [5.41, 5.74) is 0.226. The van der Waals surface area contributed by atoms with Crippen molar-refractivity contribution in [3.63, 3.8) is 0 Å². The Morgan fingerprint density at radius 3 is 2.08 bits per heavy atom. The van der Waals surface area contributed by atoms with Crippen molar-refractivity contribution in [3.8, 4) is 5.75 Å². The topological polar surface area (TPSA) is 102 Å². The van der Waals surface area contributed by atoms with Crippen LogP contribution in [-0.4, -0.2) is 33.2 Å². The smallest absolute Gasteiger partial charge is 0.301 e. The number of rotatable bonds is 17. The Balaban J connectivity index is 1.50. The third-order valence-electron chi connectivity index (χ3n) is 6.61. The average Bonchev–Trinajstić information content (AvgIpc) is 3.17. The molecule has 1 aromatic carbocycles. The molecule has 0 saturated carbocycles. The van der Waals surface area contributed by atoms with Crippen molar-refractivity contribution in [3.05, 3.63) is 55.3 Å². The van der Waals surface area contributed by atoms with E-state index in [0.29, 0.717) is 17.8 Å². The van der Waals surface area contributed by atoms with Gasteiger partial charge < -0.3 is 14.6 Å². The third-order valence-corrected chi connectivity index (χ3v) is 7.21. The minimum atomic E-state index is -0.542. The summed E-state index contributed by atoms with van der Waals surface area (Å²) >= 11 is 3.39. The lowest BCUT2D eigenvalue weighted by atomic mass is 10.1. The molecule has 37 heavy (non-hydrogen) atoms. The highest BCUT2D eigenvalue weighted by Crippen LogP contribution is 2.19. The molecule has 0 bridgehead atoms. The number of aromatic nitrogens is 4. The van der Waals surface area contributed by atoms with Gasteiger partial charge in [0, 0.05) is 6.54 Å². The molecule has 202 valence electrons. The van der Waals surface area contributed by atoms with E-state index in [4.69, 9.17) is 4.74 Å². The zero-order valence-corrected chi connectivity index (χ0v) is 23.7. The number of ether oxygens (including phenoxy) is 1. The van der Waals surface area contributed by atoms with E-state index in [9.17, 15) is 9.59 Å². The summed E-state index contributed by atoms with van der Waals surface area (Å²) in [6, 6.07) is 7.52. The fourth-order valence-electron chi connectivity index (χ4n) is 4.47. The summed E-state index contributed by atoms with van der Waals surface area (Å²) in [6.45, 7) is 3.28. The number of H-pyrrole nitrogens is 1. The van der Waals surface area contributed by atoms with E-state index in [1.54, 1.807) is 11.7 Å². The van der Waals surface area contributed by atoms with Crippen LogP contribution in [0.1, 0.15) is 89.5 Å². The van der Waals surface area contributed by atoms with E-state index in [1.165, 1.54) is 64.2 Å². The van der Waals surface area contributed by atoms with Crippen LogP contribution in [0.4, 0.5) is 5.95 Å². The molecule has 0 atom stereocenters. The van der Waals surface area contributed by atoms with E-state index < -0.39 is 11.1 Å². The molecule has 0 aliphatic rings. The summed E-state index contributed by atoms with van der Waals surface area (Å²) in [7, 11) is 1.61. The number of halogens is 1. The number of anilines is 1. The van der Waals surface area contributed by atoms with Gasteiger partial charge in [-0.1, -0.05) is 89.7 Å². The fourth-order valence-corrected chi connectivity index (χ4v) is 4.95. The molecule has 9 heteroatoms. The molecule has 2 N–H and O–H groups in total. The number of hydrogen-bond donors (Lipinski definition) is 2. The summed E-state index contributed by atoms with van der Waals surface area (Å²) in [5, 5.41) is 3.11. The van der Waals surface area contributed by atoms with Crippen LogP contribution in [0, 0.1) is 0 Å². The zero-order valence-electron chi connectivity index (χ0n) is 22.2. The first-order chi connectivity index (χ1) is 18.0. The lowest BCUT2D eigenvalue weighted by Gasteiger charge is -2.06. The Morgan fingerprint density at radius 2 is 1.49 bits per heavy atom. The van der Waals surface area contributed by atoms with Gasteiger partial charge in [0.2, 0.25) is 5.95 Å². The lowest BCUT2D eigenvalue weighted by Crippen LogP contribution is -2.13. The number of imidazole rings is 1. The Hall–Kier alpha value is -2.68. The van der Waals surface area contributed by atoms with Crippen LogP contribution in [0.5, 0.6) is 5.75 Å². The standard InChI is InChI=1S/C28H40BrN5O3/c1-3-4-5-6-7-8-9-10-11-12-13-14-19-30-28-32-25(35)23-24(26(36)33-28)34(27(29)31-23)20-21-15-17-22(37-2)18-16-21/h15-18H,3-14,19-20H2,1-2H3,(H2,30,32,33,35,36). The van der Waals surface area contributed by atoms with Crippen molar-refractivity contribution in [2.24, 2.45) is 0 Å². The van der Waals surface area contributed by atoms with Crippen molar-refractivity contribution in [2.45, 2.75) is 90.5 Å². The Kier molecular flexibility index (Phi) is 12.1. The molecule has 2 aromatic heterocycles. The minimum Gasteiger partial charge on any atom is -0.497 e. The molecule has 0 fully saturated rings. The number of methoxy groups -OCH3 is 1. The predicted molar refractivity (Wildman–Crippen MR) is 154 cm³/mol. The van der Waals surface area contributed by atoms with Gasteiger partial charge in [0.15, 0.2) is 10.3 Å². The second kappa shape index (κ2) is 15.5. The molecular formula is C28H40BrN5O3. The molecule has 2 heterocycles. The maximum absolute atomic E-state index is 13.0. The molecule has 3 rings (SSSR count). The number of unbranched alkanes of at least 4 members (excludes halogenated alkanes) is 11. The monoisotopic (exact) mass is 573 g/mol. The highest BCUT2D eigenvalue weighted by Gasteiger charge is 2.16. The van der Waals surface area contributed by atoms with Crippen molar-refractivity contribution >= 4 is 32.9 Å². The summed E-state index contributed by atoms with van der Waals surface area (Å²) in [6.07, 6.45) is 15.3. The van der Waals surface area contributed by atoms with E-state index in [-0.39, 0.29) is 17.0 Å². The summed E-state index contributed by atoms with van der Waals surface area (Å²) < 4.78 is 7.28. The van der Waals surface area contributed by atoms with Crippen LogP contribution < -0.4 is 21.2 Å². The first-order valence-corrected chi connectivity index (χ1v) is 14.4. The fraction of sp³-hybridized carbons (Fsp3) is 0.571. The second-order valence-corrected chi connectivity index (χ2v) is 10.3. The van der Waals surface area contributed by atoms with Gasteiger partial charge in [-0.15, -0.1) is 0 Å². The maximum Gasteiger partial charge on any atom is 0.301 e. The minimum absolute atomic E-state index is 0.0417. The van der Waals surface area contributed by atoms with Gasteiger partial charge in [-0.05, 0) is 40.0 Å². The van der Waals surface area contributed by atoms with Gasteiger partial charge in [-0.3, -0.25) is 14.6 Å². The highest BCUT2D eigenvalue weighted by atomic mass is 79.9. The molecule has 0 spiro atoms. The maximum atomic E-state index is 13.0. The Bertz CT molecular complexity index is 1220. The lowest BCUT2D eigenvalue weighted by molar-refractivity contribution is 0.414. The molecule has 0 aliphatic heterocycles. The van der Waals surface area contributed by atoms with Crippen LogP contribution in [0.15, 0.2) is 38.6 Å². The first-order valence-electron chi connectivity index (χ1n) is 13.6. The highest BCUT2D eigenvalue weighted by molar-refractivity contribution is 9.10. The number of nitrogens with one attached hydrogen (secondary N) is 2. The van der Waals surface area contributed by atoms with Gasteiger partial charge in [0.05, 0.1) is 13.7 Å². The van der Waals surface area contributed by atoms with Crippen LogP contribution in [0.25, 0.3) is 11.0 Å². The van der Waals surface area contributed by atoms with E-state index in [0.717, 1.165) is 24.2 Å². The summed E-state index contributed by atoms with van der Waals surface area (Å²) in [4.78, 5) is 36.9. The first kappa shape index (κ1) is 28.9. The van der Waals surface area contributed by atoms with Crippen molar-refractivity contribution < 1.29 is 4.74 Å². The van der Waals surface area contributed by atoms with Gasteiger partial charge in [0.1, 0.15) is 11.3 Å². The molecule has 0 unspecified atom stereocenters. The van der Waals surface area contributed by atoms with Crippen LogP contribution in [-0.2, 0) is 6.54 Å². The number of fused-ring (bicyclic) bond motifs is 1.